The molecule has 4 nitrogen and oxygen atoms in total. The summed E-state index contributed by atoms with van der Waals surface area (Å²) < 4.78 is 31.5. The molecule has 0 amide bonds. The lowest BCUT2D eigenvalue weighted by Crippen LogP contribution is -2.17. The molecule has 0 aliphatic carbocycles. The van der Waals surface area contributed by atoms with E-state index in [4.69, 9.17) is 16.3 Å². The Hall–Kier alpha value is -0.940. The average molecular weight is 292 g/mol. The summed E-state index contributed by atoms with van der Waals surface area (Å²) in [5.74, 6) is 1.09. The van der Waals surface area contributed by atoms with Crippen molar-refractivity contribution in [3.63, 3.8) is 0 Å². The molecule has 1 N–H and O–H groups in total. The molecule has 0 spiro atoms. The van der Waals surface area contributed by atoms with Gasteiger partial charge in [-0.1, -0.05) is 12.1 Å². The van der Waals surface area contributed by atoms with Crippen LogP contribution in [0.3, 0.4) is 0 Å². The highest BCUT2D eigenvalue weighted by molar-refractivity contribution is 7.92. The maximum atomic E-state index is 11.8. The van der Waals surface area contributed by atoms with Gasteiger partial charge in [-0.15, -0.1) is 11.6 Å². The molecular formula is C12H18ClNO3S. The van der Waals surface area contributed by atoms with Gasteiger partial charge in [0.1, 0.15) is 5.75 Å². The van der Waals surface area contributed by atoms with Crippen LogP contribution in [-0.4, -0.2) is 26.7 Å². The quantitative estimate of drug-likeness (QED) is 0.592. The van der Waals surface area contributed by atoms with Gasteiger partial charge in [0.25, 0.3) is 0 Å². The smallest absolute Gasteiger partial charge is 0.232 e. The van der Waals surface area contributed by atoms with Crippen LogP contribution in [0, 0.1) is 0 Å². The van der Waals surface area contributed by atoms with Crippen molar-refractivity contribution in [1.29, 1.82) is 0 Å². The number of anilines is 1. The zero-order chi connectivity index (χ0) is 13.4. The molecule has 1 aromatic rings. The zero-order valence-corrected chi connectivity index (χ0v) is 11.9. The average Bonchev–Trinajstić information content (AvgIpc) is 2.32. The van der Waals surface area contributed by atoms with E-state index in [2.05, 4.69) is 4.72 Å². The van der Waals surface area contributed by atoms with Gasteiger partial charge >= 0.3 is 0 Å². The Labute approximate surface area is 113 Å². The highest BCUT2D eigenvalue weighted by atomic mass is 35.5. The highest BCUT2D eigenvalue weighted by Gasteiger charge is 2.12. The van der Waals surface area contributed by atoms with Crippen LogP contribution >= 0.6 is 11.6 Å². The van der Waals surface area contributed by atoms with Crippen LogP contribution in [0.2, 0.25) is 0 Å². The van der Waals surface area contributed by atoms with Crippen LogP contribution in [0.25, 0.3) is 0 Å². The summed E-state index contributed by atoms with van der Waals surface area (Å²) in [6, 6.07) is 6.99. The van der Waals surface area contributed by atoms with Crippen molar-refractivity contribution in [3.05, 3.63) is 24.3 Å². The molecule has 0 unspecified atom stereocenters. The molecule has 0 aliphatic heterocycles. The van der Waals surface area contributed by atoms with Crippen LogP contribution in [-0.2, 0) is 10.0 Å². The molecule has 0 saturated carbocycles. The van der Waals surface area contributed by atoms with Gasteiger partial charge < -0.3 is 4.74 Å². The van der Waals surface area contributed by atoms with Crippen molar-refractivity contribution in [3.8, 4) is 5.75 Å². The number of halogens is 1. The van der Waals surface area contributed by atoms with Gasteiger partial charge in [0.2, 0.25) is 10.0 Å². The van der Waals surface area contributed by atoms with Gasteiger partial charge in [0.05, 0.1) is 18.0 Å². The van der Waals surface area contributed by atoms with Crippen molar-refractivity contribution in [2.75, 3.05) is 23.0 Å². The van der Waals surface area contributed by atoms with Gasteiger partial charge in [-0.05, 0) is 31.9 Å². The Kier molecular flexibility index (Phi) is 6.29. The summed E-state index contributed by atoms with van der Waals surface area (Å²) in [7, 11) is -3.34. The third-order valence-electron chi connectivity index (χ3n) is 2.25. The topological polar surface area (TPSA) is 55.4 Å². The third kappa shape index (κ3) is 5.14. The molecule has 0 radical (unpaired) electrons. The van der Waals surface area contributed by atoms with Crippen molar-refractivity contribution >= 4 is 27.3 Å². The molecule has 1 aromatic carbocycles. The van der Waals surface area contributed by atoms with E-state index in [1.165, 1.54) is 0 Å². The number of sulfonamides is 1. The molecule has 1 rings (SSSR count). The Morgan fingerprint density at radius 3 is 2.67 bits per heavy atom. The second-order valence-corrected chi connectivity index (χ2v) is 5.97. The van der Waals surface area contributed by atoms with Gasteiger partial charge in [0, 0.05) is 5.88 Å². The van der Waals surface area contributed by atoms with Crippen LogP contribution in [0.1, 0.15) is 19.8 Å². The normalized spacial score (nSPS) is 11.2. The number of unbranched alkanes of at least 4 members (excludes halogenated alkanes) is 1. The standard InChI is InChI=1S/C12H18ClNO3S/c1-2-17-12-8-4-3-7-11(12)14-18(15,16)10-6-5-9-13/h3-4,7-8,14H,2,5-6,9-10H2,1H3. The van der Waals surface area contributed by atoms with E-state index in [0.29, 0.717) is 36.8 Å². The minimum Gasteiger partial charge on any atom is -0.492 e. The number of hydrogen-bond acceptors (Lipinski definition) is 3. The van der Waals surface area contributed by atoms with Crippen LogP contribution < -0.4 is 9.46 Å². The lowest BCUT2D eigenvalue weighted by Gasteiger charge is -2.12. The summed E-state index contributed by atoms with van der Waals surface area (Å²) in [5, 5.41) is 0. The monoisotopic (exact) mass is 291 g/mol. The van der Waals surface area contributed by atoms with E-state index >= 15 is 0 Å². The molecule has 6 heteroatoms. The molecule has 0 aliphatic rings. The first-order valence-electron chi connectivity index (χ1n) is 5.87. The number of rotatable bonds is 8. The molecule has 18 heavy (non-hydrogen) atoms. The largest absolute Gasteiger partial charge is 0.492 e. The fraction of sp³-hybridized carbons (Fsp3) is 0.500. The lowest BCUT2D eigenvalue weighted by molar-refractivity contribution is 0.342. The van der Waals surface area contributed by atoms with Gasteiger partial charge in [-0.3, -0.25) is 4.72 Å². The first kappa shape index (κ1) is 15.1. The lowest BCUT2D eigenvalue weighted by atomic mass is 10.3. The molecule has 0 saturated heterocycles. The first-order chi connectivity index (χ1) is 8.59. The molecule has 102 valence electrons. The Balaban J connectivity index is 2.71. The predicted molar refractivity (Wildman–Crippen MR) is 75.0 cm³/mol. The van der Waals surface area contributed by atoms with Crippen molar-refractivity contribution in [2.45, 2.75) is 19.8 Å². The minimum absolute atomic E-state index is 0.0696. The van der Waals surface area contributed by atoms with Crippen LogP contribution in [0.15, 0.2) is 24.3 Å². The van der Waals surface area contributed by atoms with Crippen molar-refractivity contribution < 1.29 is 13.2 Å². The number of para-hydroxylation sites is 2. The summed E-state index contributed by atoms with van der Waals surface area (Å²) >= 11 is 5.52. The first-order valence-corrected chi connectivity index (χ1v) is 8.06. The van der Waals surface area contributed by atoms with Crippen molar-refractivity contribution in [2.24, 2.45) is 0 Å². The van der Waals surface area contributed by atoms with E-state index in [1.54, 1.807) is 24.3 Å². The second kappa shape index (κ2) is 7.48. The van der Waals surface area contributed by atoms with E-state index in [9.17, 15) is 8.42 Å². The van der Waals surface area contributed by atoms with Crippen LogP contribution in [0.5, 0.6) is 5.75 Å². The summed E-state index contributed by atoms with van der Waals surface area (Å²) in [6.45, 7) is 2.34. The number of benzene rings is 1. The maximum absolute atomic E-state index is 11.8. The molecule has 0 heterocycles. The summed E-state index contributed by atoms with van der Waals surface area (Å²) in [4.78, 5) is 0. The van der Waals surface area contributed by atoms with E-state index < -0.39 is 10.0 Å². The summed E-state index contributed by atoms with van der Waals surface area (Å²) in [5.41, 5.74) is 0.477. The number of hydrogen-bond donors (Lipinski definition) is 1. The zero-order valence-electron chi connectivity index (χ0n) is 10.4. The van der Waals surface area contributed by atoms with E-state index in [0.717, 1.165) is 0 Å². The van der Waals surface area contributed by atoms with Crippen molar-refractivity contribution in [1.82, 2.24) is 0 Å². The Morgan fingerprint density at radius 1 is 1.28 bits per heavy atom. The van der Waals surface area contributed by atoms with Gasteiger partial charge in [-0.2, -0.15) is 0 Å². The van der Waals surface area contributed by atoms with E-state index in [1.807, 2.05) is 6.92 Å². The van der Waals surface area contributed by atoms with Crippen LogP contribution in [0.4, 0.5) is 5.69 Å². The summed E-state index contributed by atoms with van der Waals surface area (Å²) in [6.07, 6.45) is 1.24. The molecular weight excluding hydrogens is 274 g/mol. The third-order valence-corrected chi connectivity index (χ3v) is 3.87. The molecule has 0 atom stereocenters. The maximum Gasteiger partial charge on any atom is 0.232 e. The fourth-order valence-corrected chi connectivity index (χ4v) is 2.82. The molecule has 0 aromatic heterocycles. The van der Waals surface area contributed by atoms with Gasteiger partial charge in [-0.25, -0.2) is 8.42 Å². The predicted octanol–water partition coefficient (Wildman–Crippen LogP) is 2.85. The Bertz CT molecular complexity index is 462. The number of nitrogens with one attached hydrogen (secondary N) is 1. The molecule has 0 bridgehead atoms. The number of ether oxygens (including phenoxy) is 1. The Morgan fingerprint density at radius 2 is 2.00 bits per heavy atom. The van der Waals surface area contributed by atoms with E-state index in [-0.39, 0.29) is 5.75 Å². The SMILES string of the molecule is CCOc1ccccc1NS(=O)(=O)CCCCCl. The second-order valence-electron chi connectivity index (χ2n) is 3.75. The minimum atomic E-state index is -3.34. The van der Waals surface area contributed by atoms with Gasteiger partial charge in [0.15, 0.2) is 0 Å². The fourth-order valence-electron chi connectivity index (χ4n) is 1.44. The number of alkyl halides is 1. The molecule has 0 fully saturated rings. The highest BCUT2D eigenvalue weighted by Crippen LogP contribution is 2.24.